The van der Waals surface area contributed by atoms with Gasteiger partial charge in [-0.1, -0.05) is 11.6 Å². The summed E-state index contributed by atoms with van der Waals surface area (Å²) in [7, 11) is 1.71. The normalized spacial score (nSPS) is 22.8. The Balaban J connectivity index is 2.23. The molecule has 0 radical (unpaired) electrons. The maximum absolute atomic E-state index is 12.3. The summed E-state index contributed by atoms with van der Waals surface area (Å²) < 4.78 is 1.54. The Morgan fingerprint density at radius 2 is 2.11 bits per heavy atom. The van der Waals surface area contributed by atoms with Gasteiger partial charge in [0.05, 0.1) is 16.1 Å². The van der Waals surface area contributed by atoms with Crippen LogP contribution in [0.1, 0.15) is 29.5 Å². The number of aryl methyl sites for hydroxylation is 1. The Bertz CT molecular complexity index is 555. The molecule has 1 amide bonds. The Hall–Kier alpha value is -1.56. The first-order valence-electron chi connectivity index (χ1n) is 5.98. The molecule has 1 unspecified atom stereocenters. The number of amides is 1. The van der Waals surface area contributed by atoms with Crippen molar-refractivity contribution in [2.24, 2.45) is 12.5 Å². The van der Waals surface area contributed by atoms with E-state index >= 15 is 0 Å². The third-order valence-electron chi connectivity index (χ3n) is 3.74. The van der Waals surface area contributed by atoms with Crippen LogP contribution in [0.15, 0.2) is 0 Å². The summed E-state index contributed by atoms with van der Waals surface area (Å²) >= 11 is 6.07. The van der Waals surface area contributed by atoms with Gasteiger partial charge in [0.15, 0.2) is 5.69 Å². The Morgan fingerprint density at radius 3 is 2.53 bits per heavy atom. The molecule has 1 aromatic rings. The Kier molecular flexibility index (Phi) is 3.30. The third-order valence-corrected chi connectivity index (χ3v) is 4.19. The van der Waals surface area contributed by atoms with Crippen LogP contribution in [0.25, 0.3) is 0 Å². The fourth-order valence-electron chi connectivity index (χ4n) is 2.18. The number of rotatable bonds is 2. The van der Waals surface area contributed by atoms with Crippen LogP contribution in [0.2, 0.25) is 5.02 Å². The molecular formula is C12H16ClN3O3. The van der Waals surface area contributed by atoms with Crippen LogP contribution in [-0.4, -0.2) is 44.8 Å². The number of hydrogen-bond acceptors (Lipinski definition) is 3. The van der Waals surface area contributed by atoms with Gasteiger partial charge in [-0.3, -0.25) is 14.3 Å². The van der Waals surface area contributed by atoms with Crippen molar-refractivity contribution >= 4 is 23.5 Å². The van der Waals surface area contributed by atoms with Gasteiger partial charge < -0.3 is 10.0 Å². The first-order chi connectivity index (χ1) is 8.76. The molecule has 1 saturated heterocycles. The molecule has 0 aromatic carbocycles. The molecule has 0 bridgehead atoms. The minimum atomic E-state index is -0.883. The molecule has 1 aliphatic rings. The number of halogens is 1. The lowest BCUT2D eigenvalue weighted by Gasteiger charge is -2.19. The fraction of sp³-hybridized carbons (Fsp3) is 0.583. The molecule has 1 aromatic heterocycles. The van der Waals surface area contributed by atoms with Gasteiger partial charge in [-0.25, -0.2) is 0 Å². The highest BCUT2D eigenvalue weighted by atomic mass is 35.5. The van der Waals surface area contributed by atoms with E-state index in [1.165, 1.54) is 4.90 Å². The molecule has 104 valence electrons. The highest BCUT2D eigenvalue weighted by Gasteiger charge is 2.43. The lowest BCUT2D eigenvalue weighted by molar-refractivity contribution is -0.147. The topological polar surface area (TPSA) is 75.4 Å². The number of likely N-dealkylation sites (tertiary alicyclic amines) is 1. The van der Waals surface area contributed by atoms with E-state index in [0.717, 1.165) is 0 Å². The second-order valence-corrected chi connectivity index (χ2v) is 5.59. The number of carbonyl (C=O) groups excluding carboxylic acids is 1. The van der Waals surface area contributed by atoms with Gasteiger partial charge >= 0.3 is 5.97 Å². The molecule has 0 spiro atoms. The van der Waals surface area contributed by atoms with E-state index in [4.69, 9.17) is 16.7 Å². The van der Waals surface area contributed by atoms with Crippen molar-refractivity contribution in [2.75, 3.05) is 13.1 Å². The maximum atomic E-state index is 12.3. The maximum Gasteiger partial charge on any atom is 0.311 e. The summed E-state index contributed by atoms with van der Waals surface area (Å²) in [5.41, 5.74) is 0.0212. The van der Waals surface area contributed by atoms with E-state index in [9.17, 15) is 9.59 Å². The lowest BCUT2D eigenvalue weighted by atomic mass is 9.90. The van der Waals surface area contributed by atoms with Crippen molar-refractivity contribution < 1.29 is 14.7 Å². The number of nitrogens with zero attached hydrogens (tertiary/aromatic N) is 3. The number of carboxylic acids is 1. The first-order valence-corrected chi connectivity index (χ1v) is 6.36. The van der Waals surface area contributed by atoms with Crippen molar-refractivity contribution in [2.45, 2.75) is 20.3 Å². The van der Waals surface area contributed by atoms with E-state index in [1.54, 1.807) is 25.6 Å². The number of aromatic nitrogens is 2. The van der Waals surface area contributed by atoms with Crippen molar-refractivity contribution in [3.63, 3.8) is 0 Å². The zero-order chi connectivity index (χ0) is 14.4. The van der Waals surface area contributed by atoms with E-state index in [0.29, 0.717) is 23.7 Å². The highest BCUT2D eigenvalue weighted by molar-refractivity contribution is 6.34. The highest BCUT2D eigenvalue weighted by Crippen LogP contribution is 2.32. The largest absolute Gasteiger partial charge is 0.481 e. The Labute approximate surface area is 115 Å². The number of aliphatic carboxylic acids is 1. The predicted octanol–water partition coefficient (Wildman–Crippen LogP) is 1.32. The third kappa shape index (κ3) is 2.20. The second-order valence-electron chi connectivity index (χ2n) is 5.21. The van der Waals surface area contributed by atoms with E-state index < -0.39 is 11.4 Å². The number of carboxylic acid groups (broad SMARTS) is 1. The Morgan fingerprint density at radius 1 is 1.47 bits per heavy atom. The second kappa shape index (κ2) is 4.52. The van der Waals surface area contributed by atoms with Crippen molar-refractivity contribution in [3.05, 3.63) is 16.4 Å². The van der Waals surface area contributed by atoms with Crippen LogP contribution in [0, 0.1) is 12.3 Å². The average Bonchev–Trinajstić information content (AvgIpc) is 2.86. The van der Waals surface area contributed by atoms with Gasteiger partial charge in [-0.2, -0.15) is 5.10 Å². The molecule has 2 heterocycles. The van der Waals surface area contributed by atoms with Crippen molar-refractivity contribution in [3.8, 4) is 0 Å². The quantitative estimate of drug-likeness (QED) is 0.889. The molecule has 7 heteroatoms. The van der Waals surface area contributed by atoms with Crippen LogP contribution in [-0.2, 0) is 11.8 Å². The minimum absolute atomic E-state index is 0.188. The van der Waals surface area contributed by atoms with Gasteiger partial charge in [0.1, 0.15) is 0 Å². The van der Waals surface area contributed by atoms with Gasteiger partial charge in [0.2, 0.25) is 0 Å². The van der Waals surface area contributed by atoms with Gasteiger partial charge in [0.25, 0.3) is 5.91 Å². The van der Waals surface area contributed by atoms with Crippen LogP contribution >= 0.6 is 11.6 Å². The monoisotopic (exact) mass is 285 g/mol. The zero-order valence-electron chi connectivity index (χ0n) is 11.1. The minimum Gasteiger partial charge on any atom is -0.481 e. The van der Waals surface area contributed by atoms with Crippen molar-refractivity contribution in [1.29, 1.82) is 0 Å². The van der Waals surface area contributed by atoms with Crippen molar-refractivity contribution in [1.82, 2.24) is 14.7 Å². The van der Waals surface area contributed by atoms with Crippen LogP contribution in [0.3, 0.4) is 0 Å². The molecule has 1 atom stereocenters. The zero-order valence-corrected chi connectivity index (χ0v) is 11.9. The average molecular weight is 286 g/mol. The van der Waals surface area contributed by atoms with Gasteiger partial charge in [-0.15, -0.1) is 0 Å². The summed E-state index contributed by atoms with van der Waals surface area (Å²) in [6.07, 6.45) is 0.442. The van der Waals surface area contributed by atoms with E-state index in [2.05, 4.69) is 5.10 Å². The summed E-state index contributed by atoms with van der Waals surface area (Å²) in [6.45, 7) is 4.02. The predicted molar refractivity (Wildman–Crippen MR) is 69.2 cm³/mol. The smallest absolute Gasteiger partial charge is 0.311 e. The summed E-state index contributed by atoms with van der Waals surface area (Å²) in [6, 6.07) is 0. The molecule has 1 fully saturated rings. The number of carbonyl (C=O) groups is 2. The van der Waals surface area contributed by atoms with Gasteiger partial charge in [0, 0.05) is 20.1 Å². The SMILES string of the molecule is Cc1c(Cl)c(C(=O)N2CCC(C)(C(=O)O)C2)nn1C. The molecule has 1 N–H and O–H groups in total. The number of hydrogen-bond donors (Lipinski definition) is 1. The molecule has 0 aliphatic carbocycles. The molecule has 0 saturated carbocycles. The van der Waals surface area contributed by atoms with Gasteiger partial charge in [-0.05, 0) is 20.3 Å². The fourth-order valence-corrected chi connectivity index (χ4v) is 2.42. The molecule has 6 nitrogen and oxygen atoms in total. The lowest BCUT2D eigenvalue weighted by Crippen LogP contribution is -2.35. The molecule has 19 heavy (non-hydrogen) atoms. The summed E-state index contributed by atoms with van der Waals surface area (Å²) in [5.74, 6) is -1.19. The molecular weight excluding hydrogens is 270 g/mol. The van der Waals surface area contributed by atoms with E-state index in [1.807, 2.05) is 0 Å². The summed E-state index contributed by atoms with van der Waals surface area (Å²) in [5, 5.41) is 13.6. The van der Waals surface area contributed by atoms with Crippen LogP contribution < -0.4 is 0 Å². The molecule has 2 rings (SSSR count). The molecule has 1 aliphatic heterocycles. The van der Waals surface area contributed by atoms with Crippen LogP contribution in [0.4, 0.5) is 0 Å². The first kappa shape index (κ1) is 13.9. The summed E-state index contributed by atoms with van der Waals surface area (Å²) in [4.78, 5) is 25.0. The standard InChI is InChI=1S/C12H16ClN3O3/c1-7-8(13)9(14-15(7)3)10(17)16-5-4-12(2,6-16)11(18)19/h4-6H2,1-3H3,(H,18,19). The van der Waals surface area contributed by atoms with E-state index in [-0.39, 0.29) is 18.1 Å². The van der Waals surface area contributed by atoms with Crippen LogP contribution in [0.5, 0.6) is 0 Å².